The molecule has 0 radical (unpaired) electrons. The van der Waals surface area contributed by atoms with Crippen LogP contribution in [0.25, 0.3) is 0 Å². The lowest BCUT2D eigenvalue weighted by molar-refractivity contribution is -0.129. The second-order valence-corrected chi connectivity index (χ2v) is 6.65. The molecule has 1 heterocycles. The van der Waals surface area contributed by atoms with Crippen molar-refractivity contribution in [1.29, 1.82) is 0 Å². The van der Waals surface area contributed by atoms with Crippen LogP contribution in [0.4, 0.5) is 0 Å². The zero-order valence-corrected chi connectivity index (χ0v) is 10.6. The van der Waals surface area contributed by atoms with Crippen molar-refractivity contribution in [3.8, 4) is 0 Å². The average molecular weight is 226 g/mol. The fraction of sp³-hybridized carbons (Fsp3) is 0.923. The summed E-state index contributed by atoms with van der Waals surface area (Å²) in [5, 5.41) is 0.335. The number of carbonyl (C=O) groups is 1. The Morgan fingerprint density at radius 1 is 1.13 bits per heavy atom. The molecule has 2 rings (SSSR count). The van der Waals surface area contributed by atoms with Gasteiger partial charge in [-0.05, 0) is 31.4 Å². The molecule has 1 aliphatic carbocycles. The molecular weight excluding hydrogens is 204 g/mol. The second kappa shape index (κ2) is 4.90. The zero-order valence-electron chi connectivity index (χ0n) is 9.76. The summed E-state index contributed by atoms with van der Waals surface area (Å²) in [4.78, 5) is 12.5. The van der Waals surface area contributed by atoms with E-state index in [9.17, 15) is 4.79 Å². The van der Waals surface area contributed by atoms with Crippen LogP contribution in [0.2, 0.25) is 0 Å². The maximum atomic E-state index is 12.5. The van der Waals surface area contributed by atoms with Crippen LogP contribution >= 0.6 is 11.8 Å². The highest BCUT2D eigenvalue weighted by atomic mass is 32.2. The van der Waals surface area contributed by atoms with Gasteiger partial charge >= 0.3 is 0 Å². The predicted octanol–water partition coefficient (Wildman–Crippen LogP) is 3.81. The zero-order chi connectivity index (χ0) is 10.7. The molecule has 1 atom stereocenters. The van der Waals surface area contributed by atoms with Crippen LogP contribution in [0.5, 0.6) is 0 Å². The molecule has 15 heavy (non-hydrogen) atoms. The van der Waals surface area contributed by atoms with E-state index < -0.39 is 0 Å². The Bertz CT molecular complexity index is 225. The smallest absolute Gasteiger partial charge is 0.151 e. The van der Waals surface area contributed by atoms with E-state index in [2.05, 4.69) is 6.92 Å². The molecule has 0 aromatic rings. The van der Waals surface area contributed by atoms with Gasteiger partial charge in [-0.15, -0.1) is 0 Å². The van der Waals surface area contributed by atoms with Crippen molar-refractivity contribution in [3.63, 3.8) is 0 Å². The largest absolute Gasteiger partial charge is 0.298 e. The fourth-order valence-electron chi connectivity index (χ4n) is 2.91. The van der Waals surface area contributed by atoms with E-state index in [0.717, 1.165) is 19.3 Å². The third-order valence-corrected chi connectivity index (χ3v) is 5.40. The molecule has 0 N–H and O–H groups in total. The lowest BCUT2D eigenvalue weighted by Gasteiger charge is -2.36. The molecule has 1 aliphatic heterocycles. The van der Waals surface area contributed by atoms with E-state index in [0.29, 0.717) is 11.0 Å². The third kappa shape index (κ3) is 2.58. The lowest BCUT2D eigenvalue weighted by Crippen LogP contribution is -2.37. The first-order valence-corrected chi connectivity index (χ1v) is 7.43. The SMILES string of the molecule is CC1(C(=O)C2CCCCS2)CCCCC1. The highest BCUT2D eigenvalue weighted by molar-refractivity contribution is 8.00. The average Bonchev–Trinajstić information content (AvgIpc) is 2.30. The van der Waals surface area contributed by atoms with Crippen molar-refractivity contribution in [3.05, 3.63) is 0 Å². The number of hydrogen-bond acceptors (Lipinski definition) is 2. The van der Waals surface area contributed by atoms with Crippen LogP contribution in [0.1, 0.15) is 58.3 Å². The number of rotatable bonds is 2. The predicted molar refractivity (Wildman–Crippen MR) is 66.3 cm³/mol. The van der Waals surface area contributed by atoms with E-state index in [1.807, 2.05) is 11.8 Å². The van der Waals surface area contributed by atoms with Gasteiger partial charge in [0.1, 0.15) is 0 Å². The van der Waals surface area contributed by atoms with Crippen LogP contribution < -0.4 is 0 Å². The van der Waals surface area contributed by atoms with Gasteiger partial charge in [-0.25, -0.2) is 0 Å². The molecule has 1 nitrogen and oxygen atoms in total. The van der Waals surface area contributed by atoms with Gasteiger partial charge in [0.15, 0.2) is 5.78 Å². The fourth-order valence-corrected chi connectivity index (χ4v) is 4.34. The van der Waals surface area contributed by atoms with Crippen LogP contribution in [0, 0.1) is 5.41 Å². The van der Waals surface area contributed by atoms with Crippen molar-refractivity contribution >= 4 is 17.5 Å². The second-order valence-electron chi connectivity index (χ2n) is 5.34. The van der Waals surface area contributed by atoms with Gasteiger partial charge in [0.05, 0.1) is 5.25 Å². The molecule has 0 spiro atoms. The quantitative estimate of drug-likeness (QED) is 0.712. The Kier molecular flexibility index (Phi) is 3.76. The summed E-state index contributed by atoms with van der Waals surface area (Å²) >= 11 is 1.91. The van der Waals surface area contributed by atoms with Crippen molar-refractivity contribution in [2.45, 2.75) is 63.5 Å². The van der Waals surface area contributed by atoms with Gasteiger partial charge in [-0.1, -0.05) is 32.6 Å². The Morgan fingerprint density at radius 2 is 1.87 bits per heavy atom. The van der Waals surface area contributed by atoms with Crippen molar-refractivity contribution in [2.75, 3.05) is 5.75 Å². The summed E-state index contributed by atoms with van der Waals surface area (Å²) in [6.45, 7) is 2.21. The highest BCUT2D eigenvalue weighted by Crippen LogP contribution is 2.41. The van der Waals surface area contributed by atoms with Crippen LogP contribution in [-0.4, -0.2) is 16.8 Å². The van der Waals surface area contributed by atoms with E-state index >= 15 is 0 Å². The molecule has 1 unspecified atom stereocenters. The summed E-state index contributed by atoms with van der Waals surface area (Å²) < 4.78 is 0. The Hall–Kier alpha value is 0.0200. The standard InChI is InChI=1S/C13H22OS/c1-13(8-4-2-5-9-13)12(14)11-7-3-6-10-15-11/h11H,2-10H2,1H3. The first kappa shape index (κ1) is 11.5. The van der Waals surface area contributed by atoms with E-state index in [1.165, 1.54) is 37.9 Å². The van der Waals surface area contributed by atoms with Gasteiger partial charge in [0.2, 0.25) is 0 Å². The summed E-state index contributed by atoms with van der Waals surface area (Å²) in [5.74, 6) is 1.78. The van der Waals surface area contributed by atoms with Crippen LogP contribution in [0.3, 0.4) is 0 Å². The van der Waals surface area contributed by atoms with E-state index in [-0.39, 0.29) is 5.41 Å². The summed E-state index contributed by atoms with van der Waals surface area (Å²) in [5.41, 5.74) is 0.0350. The topological polar surface area (TPSA) is 17.1 Å². The number of Topliss-reactive ketones (excluding diaryl/α,β-unsaturated/α-hetero) is 1. The Balaban J connectivity index is 1.98. The van der Waals surface area contributed by atoms with Gasteiger partial charge in [-0.3, -0.25) is 4.79 Å². The van der Waals surface area contributed by atoms with Gasteiger partial charge in [-0.2, -0.15) is 11.8 Å². The monoisotopic (exact) mass is 226 g/mol. The van der Waals surface area contributed by atoms with E-state index in [4.69, 9.17) is 0 Å². The minimum absolute atomic E-state index is 0.0350. The first-order chi connectivity index (χ1) is 7.22. The molecule has 2 heteroatoms. The minimum Gasteiger partial charge on any atom is -0.298 e. The number of thioether (sulfide) groups is 1. The number of ketones is 1. The minimum atomic E-state index is 0.0350. The molecule has 2 aliphatic rings. The number of hydrogen-bond donors (Lipinski definition) is 0. The van der Waals surface area contributed by atoms with Crippen molar-refractivity contribution in [1.82, 2.24) is 0 Å². The molecule has 86 valence electrons. The maximum absolute atomic E-state index is 12.5. The summed E-state index contributed by atoms with van der Waals surface area (Å²) in [7, 11) is 0. The lowest BCUT2D eigenvalue weighted by atomic mass is 9.71. The highest BCUT2D eigenvalue weighted by Gasteiger charge is 2.38. The first-order valence-electron chi connectivity index (χ1n) is 6.38. The van der Waals surface area contributed by atoms with Crippen LogP contribution in [-0.2, 0) is 4.79 Å². The van der Waals surface area contributed by atoms with E-state index in [1.54, 1.807) is 0 Å². The molecule has 1 saturated heterocycles. The molecule has 1 saturated carbocycles. The molecule has 2 fully saturated rings. The van der Waals surface area contributed by atoms with Gasteiger partial charge in [0, 0.05) is 5.41 Å². The summed E-state index contributed by atoms with van der Waals surface area (Å²) in [6, 6.07) is 0. The van der Waals surface area contributed by atoms with Gasteiger partial charge < -0.3 is 0 Å². The molecule has 0 aromatic carbocycles. The van der Waals surface area contributed by atoms with Crippen molar-refractivity contribution in [2.24, 2.45) is 5.41 Å². The Labute approximate surface area is 97.4 Å². The summed E-state index contributed by atoms with van der Waals surface area (Å²) in [6.07, 6.45) is 9.86. The third-order valence-electron chi connectivity index (χ3n) is 4.02. The normalized spacial score (nSPS) is 31.1. The Morgan fingerprint density at radius 3 is 2.47 bits per heavy atom. The van der Waals surface area contributed by atoms with Crippen LogP contribution in [0.15, 0.2) is 0 Å². The molecule has 0 amide bonds. The molecule has 0 aromatic heterocycles. The number of carbonyl (C=O) groups excluding carboxylic acids is 1. The van der Waals surface area contributed by atoms with Gasteiger partial charge in [0.25, 0.3) is 0 Å². The molecular formula is C13H22OS. The molecule has 0 bridgehead atoms. The maximum Gasteiger partial charge on any atom is 0.151 e. The van der Waals surface area contributed by atoms with Crippen molar-refractivity contribution < 1.29 is 4.79 Å².